The molecule has 0 radical (unpaired) electrons. The van der Waals surface area contributed by atoms with E-state index < -0.39 is 0 Å². The molecule has 1 saturated carbocycles. The topological polar surface area (TPSA) is 116 Å². The molecule has 2 aromatic rings. The SMILES string of the molecule is Cc1c(C#N)cnc(C(=O)NC2CCC3NNC(c4cnoc4)C3C2)c1C. The lowest BCUT2D eigenvalue weighted by Gasteiger charge is -2.33. The summed E-state index contributed by atoms with van der Waals surface area (Å²) in [6, 6.07) is 2.68. The molecular weight excluding hydrogens is 344 g/mol. The van der Waals surface area contributed by atoms with Gasteiger partial charge in [0.05, 0.1) is 17.8 Å². The molecule has 27 heavy (non-hydrogen) atoms. The van der Waals surface area contributed by atoms with E-state index in [0.29, 0.717) is 23.2 Å². The van der Waals surface area contributed by atoms with Gasteiger partial charge in [-0.2, -0.15) is 5.26 Å². The van der Waals surface area contributed by atoms with Crippen molar-refractivity contribution in [2.24, 2.45) is 5.92 Å². The van der Waals surface area contributed by atoms with E-state index >= 15 is 0 Å². The molecule has 4 rings (SSSR count). The van der Waals surface area contributed by atoms with Crippen LogP contribution < -0.4 is 16.2 Å². The van der Waals surface area contributed by atoms with Crippen LogP contribution in [0.2, 0.25) is 0 Å². The maximum atomic E-state index is 12.8. The molecule has 3 heterocycles. The Morgan fingerprint density at radius 1 is 1.30 bits per heavy atom. The van der Waals surface area contributed by atoms with Gasteiger partial charge in [-0.1, -0.05) is 5.16 Å². The molecule has 140 valence electrons. The van der Waals surface area contributed by atoms with Gasteiger partial charge in [-0.15, -0.1) is 0 Å². The molecule has 2 aliphatic rings. The van der Waals surface area contributed by atoms with Crippen LogP contribution in [0, 0.1) is 31.1 Å². The van der Waals surface area contributed by atoms with Crippen molar-refractivity contribution in [2.75, 3.05) is 0 Å². The van der Waals surface area contributed by atoms with Gasteiger partial charge in [-0.25, -0.2) is 10.4 Å². The molecule has 0 bridgehead atoms. The smallest absolute Gasteiger partial charge is 0.270 e. The van der Waals surface area contributed by atoms with E-state index in [1.807, 2.05) is 13.8 Å². The van der Waals surface area contributed by atoms with E-state index in [4.69, 9.17) is 9.78 Å². The fourth-order valence-electron chi connectivity index (χ4n) is 4.18. The van der Waals surface area contributed by atoms with Gasteiger partial charge in [0.2, 0.25) is 0 Å². The van der Waals surface area contributed by atoms with Crippen molar-refractivity contribution < 1.29 is 9.32 Å². The highest BCUT2D eigenvalue weighted by Gasteiger charge is 2.42. The zero-order valence-electron chi connectivity index (χ0n) is 15.3. The molecular formula is C19H22N6O2. The molecule has 2 fully saturated rings. The minimum atomic E-state index is -0.177. The zero-order chi connectivity index (χ0) is 19.0. The molecule has 3 N–H and O–H groups in total. The van der Waals surface area contributed by atoms with E-state index in [9.17, 15) is 4.79 Å². The molecule has 1 aliphatic heterocycles. The Morgan fingerprint density at radius 2 is 2.15 bits per heavy atom. The Morgan fingerprint density at radius 3 is 2.89 bits per heavy atom. The second-order valence-corrected chi connectivity index (χ2v) is 7.36. The average molecular weight is 366 g/mol. The van der Waals surface area contributed by atoms with Gasteiger partial charge in [0.25, 0.3) is 5.91 Å². The number of nitrogens with zero attached hydrogens (tertiary/aromatic N) is 3. The first-order chi connectivity index (χ1) is 13.1. The second-order valence-electron chi connectivity index (χ2n) is 7.36. The van der Waals surface area contributed by atoms with Crippen LogP contribution in [0.5, 0.6) is 0 Å². The Balaban J connectivity index is 1.47. The summed E-state index contributed by atoms with van der Waals surface area (Å²) in [5, 5.41) is 16.1. The van der Waals surface area contributed by atoms with Crippen molar-refractivity contribution in [3.63, 3.8) is 0 Å². The molecule has 4 unspecified atom stereocenters. The summed E-state index contributed by atoms with van der Waals surface area (Å²) in [4.78, 5) is 17.0. The molecule has 8 heteroatoms. The van der Waals surface area contributed by atoms with E-state index in [2.05, 4.69) is 32.4 Å². The quantitative estimate of drug-likeness (QED) is 0.757. The molecule has 0 spiro atoms. The number of pyridine rings is 1. The van der Waals surface area contributed by atoms with Gasteiger partial charge in [0, 0.05) is 23.8 Å². The number of aromatic nitrogens is 2. The van der Waals surface area contributed by atoms with Crippen molar-refractivity contribution in [2.45, 2.75) is 51.2 Å². The predicted molar refractivity (Wildman–Crippen MR) is 96.3 cm³/mol. The lowest BCUT2D eigenvalue weighted by Crippen LogP contribution is -2.44. The molecule has 0 aromatic carbocycles. The molecule has 1 aliphatic carbocycles. The van der Waals surface area contributed by atoms with Gasteiger partial charge in [0.15, 0.2) is 0 Å². The fraction of sp³-hybridized carbons (Fsp3) is 0.474. The summed E-state index contributed by atoms with van der Waals surface area (Å²) in [6.07, 6.45) is 7.62. The highest BCUT2D eigenvalue weighted by molar-refractivity contribution is 5.94. The third-order valence-corrected chi connectivity index (χ3v) is 5.88. The van der Waals surface area contributed by atoms with Crippen LogP contribution in [0.25, 0.3) is 0 Å². The molecule has 2 aromatic heterocycles. The first-order valence-corrected chi connectivity index (χ1v) is 9.16. The number of hydrogen-bond acceptors (Lipinski definition) is 7. The van der Waals surface area contributed by atoms with Gasteiger partial charge < -0.3 is 9.84 Å². The van der Waals surface area contributed by atoms with Gasteiger partial charge in [-0.05, 0) is 50.2 Å². The Hall–Kier alpha value is -2.76. The molecule has 4 atom stereocenters. The maximum Gasteiger partial charge on any atom is 0.270 e. The number of nitrogens with one attached hydrogen (secondary N) is 3. The van der Waals surface area contributed by atoms with Crippen LogP contribution in [0.1, 0.15) is 58.0 Å². The third-order valence-electron chi connectivity index (χ3n) is 5.88. The Labute approximate surface area is 157 Å². The molecule has 1 amide bonds. The minimum Gasteiger partial charge on any atom is -0.364 e. The highest BCUT2D eigenvalue weighted by atomic mass is 16.5. The van der Waals surface area contributed by atoms with Crippen molar-refractivity contribution in [1.82, 2.24) is 26.3 Å². The summed E-state index contributed by atoms with van der Waals surface area (Å²) >= 11 is 0. The second kappa shape index (κ2) is 7.10. The normalized spacial score (nSPS) is 27.0. The standard InChI is InChI=1S/C19H22N6O2/c1-10-11(2)17(21-7-12(10)6-20)19(26)23-14-3-4-16-15(5-14)18(25-24-16)13-8-22-27-9-13/h7-9,14-16,18,24-25H,3-5H2,1-2H3,(H,23,26). The summed E-state index contributed by atoms with van der Waals surface area (Å²) < 4.78 is 4.98. The van der Waals surface area contributed by atoms with Crippen LogP contribution in [0.15, 0.2) is 23.2 Å². The first kappa shape index (κ1) is 17.6. The van der Waals surface area contributed by atoms with Gasteiger partial charge in [-0.3, -0.25) is 10.2 Å². The predicted octanol–water partition coefficient (Wildman–Crippen LogP) is 1.67. The maximum absolute atomic E-state index is 12.8. The highest BCUT2D eigenvalue weighted by Crippen LogP contribution is 2.38. The van der Waals surface area contributed by atoms with E-state index in [1.165, 1.54) is 6.20 Å². The van der Waals surface area contributed by atoms with E-state index in [0.717, 1.165) is 36.0 Å². The van der Waals surface area contributed by atoms with Crippen molar-refractivity contribution in [3.8, 4) is 6.07 Å². The number of rotatable bonds is 3. The van der Waals surface area contributed by atoms with Crippen LogP contribution in [0.4, 0.5) is 0 Å². The van der Waals surface area contributed by atoms with Crippen molar-refractivity contribution >= 4 is 5.91 Å². The monoisotopic (exact) mass is 366 g/mol. The lowest BCUT2D eigenvalue weighted by atomic mass is 9.78. The van der Waals surface area contributed by atoms with E-state index in [-0.39, 0.29) is 18.0 Å². The summed E-state index contributed by atoms with van der Waals surface area (Å²) in [5.74, 6) is 0.171. The van der Waals surface area contributed by atoms with Crippen molar-refractivity contribution in [3.05, 3.63) is 46.6 Å². The summed E-state index contributed by atoms with van der Waals surface area (Å²) in [7, 11) is 0. The zero-order valence-corrected chi connectivity index (χ0v) is 15.3. The number of hydrazine groups is 1. The van der Waals surface area contributed by atoms with Crippen LogP contribution >= 0.6 is 0 Å². The molecule has 1 saturated heterocycles. The largest absolute Gasteiger partial charge is 0.364 e. The van der Waals surface area contributed by atoms with Gasteiger partial charge in [0.1, 0.15) is 18.0 Å². The number of amides is 1. The van der Waals surface area contributed by atoms with Crippen LogP contribution in [0.3, 0.4) is 0 Å². The summed E-state index contributed by atoms with van der Waals surface area (Å²) in [5.41, 5.74) is 10.2. The number of fused-ring (bicyclic) bond motifs is 1. The number of carbonyl (C=O) groups excluding carboxylic acids is 1. The number of hydrogen-bond donors (Lipinski definition) is 3. The Kier molecular flexibility index (Phi) is 4.64. The van der Waals surface area contributed by atoms with Crippen LogP contribution in [-0.2, 0) is 0 Å². The molecule has 8 nitrogen and oxygen atoms in total. The summed E-state index contributed by atoms with van der Waals surface area (Å²) in [6.45, 7) is 3.68. The van der Waals surface area contributed by atoms with Gasteiger partial charge >= 0.3 is 0 Å². The lowest BCUT2D eigenvalue weighted by molar-refractivity contribution is 0.0909. The minimum absolute atomic E-state index is 0.0833. The number of nitriles is 1. The Bertz CT molecular complexity index is 888. The van der Waals surface area contributed by atoms with Crippen molar-refractivity contribution in [1.29, 1.82) is 5.26 Å². The third kappa shape index (κ3) is 3.20. The van der Waals surface area contributed by atoms with Crippen LogP contribution in [-0.4, -0.2) is 28.1 Å². The average Bonchev–Trinajstić information content (AvgIpc) is 3.32. The number of carbonyl (C=O) groups is 1. The van der Waals surface area contributed by atoms with E-state index in [1.54, 1.807) is 12.5 Å². The fourth-order valence-corrected chi connectivity index (χ4v) is 4.18. The first-order valence-electron chi connectivity index (χ1n) is 9.16.